The lowest BCUT2D eigenvalue weighted by Crippen LogP contribution is -2.46. The van der Waals surface area contributed by atoms with Gasteiger partial charge in [0.1, 0.15) is 0 Å². The predicted octanol–water partition coefficient (Wildman–Crippen LogP) is 1.64. The predicted molar refractivity (Wildman–Crippen MR) is 54.7 cm³/mol. The van der Waals surface area contributed by atoms with E-state index < -0.39 is 5.41 Å². The van der Waals surface area contributed by atoms with Gasteiger partial charge in [-0.2, -0.15) is 0 Å². The molecule has 0 saturated heterocycles. The average molecular weight is 200 g/mol. The maximum absolute atomic E-state index is 11.6. The van der Waals surface area contributed by atoms with Crippen LogP contribution in [0.4, 0.5) is 0 Å². The Bertz CT molecular complexity index is 283. The number of nitrogens with two attached hydrogens (primary N) is 1. The second kappa shape index (κ2) is 3.64. The SMILES string of the molecule is CC1=CC=CC(C)(C(=O)CCl)C1N. The first-order chi connectivity index (χ1) is 6.02. The molecule has 0 heterocycles. The lowest BCUT2D eigenvalue weighted by Gasteiger charge is -2.33. The van der Waals surface area contributed by atoms with Crippen LogP contribution in [0.15, 0.2) is 23.8 Å². The van der Waals surface area contributed by atoms with E-state index >= 15 is 0 Å². The first-order valence-electron chi connectivity index (χ1n) is 4.23. The minimum Gasteiger partial charge on any atom is -0.323 e. The third kappa shape index (κ3) is 1.69. The van der Waals surface area contributed by atoms with Crippen molar-refractivity contribution in [3.8, 4) is 0 Å². The zero-order valence-electron chi connectivity index (χ0n) is 7.88. The van der Waals surface area contributed by atoms with Crippen LogP contribution in [0.2, 0.25) is 0 Å². The van der Waals surface area contributed by atoms with Crippen molar-refractivity contribution in [3.05, 3.63) is 23.8 Å². The Morgan fingerprint density at radius 1 is 1.77 bits per heavy atom. The quantitative estimate of drug-likeness (QED) is 0.688. The van der Waals surface area contributed by atoms with Gasteiger partial charge < -0.3 is 5.73 Å². The summed E-state index contributed by atoms with van der Waals surface area (Å²) in [7, 11) is 0. The van der Waals surface area contributed by atoms with Crippen LogP contribution in [-0.2, 0) is 4.79 Å². The van der Waals surface area contributed by atoms with Crippen molar-refractivity contribution in [2.24, 2.45) is 11.1 Å². The molecule has 2 unspecified atom stereocenters. The van der Waals surface area contributed by atoms with Gasteiger partial charge in [0.05, 0.1) is 11.3 Å². The third-order valence-electron chi connectivity index (χ3n) is 2.66. The number of carbonyl (C=O) groups is 1. The van der Waals surface area contributed by atoms with Crippen LogP contribution in [0.3, 0.4) is 0 Å². The molecule has 3 heteroatoms. The van der Waals surface area contributed by atoms with E-state index in [4.69, 9.17) is 17.3 Å². The van der Waals surface area contributed by atoms with Crippen molar-refractivity contribution < 1.29 is 4.79 Å². The van der Waals surface area contributed by atoms with Gasteiger partial charge in [0.25, 0.3) is 0 Å². The lowest BCUT2D eigenvalue weighted by molar-refractivity contribution is -0.123. The van der Waals surface area contributed by atoms with Crippen LogP contribution in [0.25, 0.3) is 0 Å². The zero-order valence-corrected chi connectivity index (χ0v) is 8.64. The number of carbonyl (C=O) groups excluding carboxylic acids is 1. The Balaban J connectivity index is 2.99. The summed E-state index contributed by atoms with van der Waals surface area (Å²) in [6.07, 6.45) is 5.62. The van der Waals surface area contributed by atoms with Crippen molar-refractivity contribution in [1.82, 2.24) is 0 Å². The fourth-order valence-electron chi connectivity index (χ4n) is 1.49. The van der Waals surface area contributed by atoms with Gasteiger partial charge in [0, 0.05) is 6.04 Å². The molecule has 0 bridgehead atoms. The zero-order chi connectivity index (χ0) is 10.1. The van der Waals surface area contributed by atoms with Gasteiger partial charge in [-0.3, -0.25) is 4.79 Å². The summed E-state index contributed by atoms with van der Waals surface area (Å²) in [5, 5.41) is 0. The summed E-state index contributed by atoms with van der Waals surface area (Å²) in [6.45, 7) is 3.75. The highest BCUT2D eigenvalue weighted by molar-refractivity contribution is 6.28. The number of allylic oxidation sites excluding steroid dienone is 2. The lowest BCUT2D eigenvalue weighted by atomic mass is 9.73. The van der Waals surface area contributed by atoms with E-state index in [1.165, 1.54) is 0 Å². The standard InChI is InChI=1S/C10H14ClNO/c1-7-4-3-5-10(2,9(7)12)8(13)6-11/h3-5,9H,6,12H2,1-2H3. The van der Waals surface area contributed by atoms with E-state index in [1.54, 1.807) is 0 Å². The second-order valence-corrected chi connectivity index (χ2v) is 3.85. The van der Waals surface area contributed by atoms with Crippen molar-refractivity contribution in [1.29, 1.82) is 0 Å². The molecule has 72 valence electrons. The summed E-state index contributed by atoms with van der Waals surface area (Å²) in [6, 6.07) is -0.247. The summed E-state index contributed by atoms with van der Waals surface area (Å²) in [5.74, 6) is -0.00711. The number of halogens is 1. The van der Waals surface area contributed by atoms with Crippen LogP contribution in [0.1, 0.15) is 13.8 Å². The highest BCUT2D eigenvalue weighted by atomic mass is 35.5. The van der Waals surface area contributed by atoms with Gasteiger partial charge in [0.15, 0.2) is 5.78 Å². The van der Waals surface area contributed by atoms with E-state index in [1.807, 2.05) is 32.1 Å². The summed E-state index contributed by atoms with van der Waals surface area (Å²) in [5.41, 5.74) is 6.33. The molecule has 1 aliphatic carbocycles. The average Bonchev–Trinajstić information content (AvgIpc) is 2.13. The van der Waals surface area contributed by atoms with Crippen LogP contribution in [-0.4, -0.2) is 17.7 Å². The molecule has 13 heavy (non-hydrogen) atoms. The van der Waals surface area contributed by atoms with Crippen molar-refractivity contribution in [2.45, 2.75) is 19.9 Å². The van der Waals surface area contributed by atoms with E-state index in [2.05, 4.69) is 0 Å². The normalized spacial score (nSPS) is 32.9. The van der Waals surface area contributed by atoms with Gasteiger partial charge in [-0.05, 0) is 13.8 Å². The molecule has 1 aliphatic rings. The second-order valence-electron chi connectivity index (χ2n) is 3.59. The number of hydrogen-bond donors (Lipinski definition) is 1. The first-order valence-corrected chi connectivity index (χ1v) is 4.76. The minimum atomic E-state index is -0.624. The van der Waals surface area contributed by atoms with E-state index in [-0.39, 0.29) is 17.7 Å². The van der Waals surface area contributed by atoms with Crippen LogP contribution >= 0.6 is 11.6 Å². The molecule has 0 aromatic heterocycles. The molecule has 0 aromatic rings. The molecule has 0 spiro atoms. The molecular weight excluding hydrogens is 186 g/mol. The number of hydrogen-bond acceptors (Lipinski definition) is 2. The van der Waals surface area contributed by atoms with Crippen LogP contribution in [0, 0.1) is 5.41 Å². The summed E-state index contributed by atoms with van der Waals surface area (Å²) < 4.78 is 0. The molecule has 0 saturated carbocycles. The van der Waals surface area contributed by atoms with Gasteiger partial charge >= 0.3 is 0 Å². The molecule has 2 N–H and O–H groups in total. The Kier molecular flexibility index (Phi) is 2.94. The van der Waals surface area contributed by atoms with Crippen molar-refractivity contribution in [3.63, 3.8) is 0 Å². The fraction of sp³-hybridized carbons (Fsp3) is 0.500. The maximum Gasteiger partial charge on any atom is 0.159 e. The van der Waals surface area contributed by atoms with E-state index in [0.29, 0.717) is 0 Å². The van der Waals surface area contributed by atoms with Crippen LogP contribution in [0.5, 0.6) is 0 Å². The number of ketones is 1. The third-order valence-corrected chi connectivity index (χ3v) is 2.90. The largest absolute Gasteiger partial charge is 0.323 e. The van der Waals surface area contributed by atoms with Crippen molar-refractivity contribution >= 4 is 17.4 Å². The smallest absolute Gasteiger partial charge is 0.159 e. The monoisotopic (exact) mass is 199 g/mol. The molecule has 0 aliphatic heterocycles. The van der Waals surface area contributed by atoms with Crippen LogP contribution < -0.4 is 5.73 Å². The van der Waals surface area contributed by atoms with Gasteiger partial charge in [-0.15, -0.1) is 11.6 Å². The summed E-state index contributed by atoms with van der Waals surface area (Å²) >= 11 is 5.53. The fourth-order valence-corrected chi connectivity index (χ4v) is 1.78. The van der Waals surface area contributed by atoms with Crippen molar-refractivity contribution in [2.75, 3.05) is 5.88 Å². The molecule has 0 fully saturated rings. The minimum absolute atomic E-state index is 0.0157. The topological polar surface area (TPSA) is 43.1 Å². The number of rotatable bonds is 2. The highest BCUT2D eigenvalue weighted by Gasteiger charge is 2.37. The van der Waals surface area contributed by atoms with E-state index in [0.717, 1.165) is 5.57 Å². The maximum atomic E-state index is 11.6. The molecule has 1 rings (SSSR count). The molecule has 0 aromatic carbocycles. The Morgan fingerprint density at radius 2 is 2.38 bits per heavy atom. The first kappa shape index (κ1) is 10.5. The Hall–Kier alpha value is -0.600. The van der Waals surface area contributed by atoms with Gasteiger partial charge in [-0.1, -0.05) is 23.8 Å². The Labute approximate surface area is 83.4 Å². The molecule has 0 amide bonds. The molecule has 2 atom stereocenters. The number of Topliss-reactive ketones (excluding diaryl/α,β-unsaturated/α-hetero) is 1. The van der Waals surface area contributed by atoms with Gasteiger partial charge in [0.2, 0.25) is 0 Å². The Morgan fingerprint density at radius 3 is 2.92 bits per heavy atom. The highest BCUT2D eigenvalue weighted by Crippen LogP contribution is 2.31. The molecular formula is C10H14ClNO. The molecule has 2 nitrogen and oxygen atoms in total. The number of alkyl halides is 1. The summed E-state index contributed by atoms with van der Waals surface area (Å²) in [4.78, 5) is 11.6. The molecule has 0 radical (unpaired) electrons. The van der Waals surface area contributed by atoms with Gasteiger partial charge in [-0.25, -0.2) is 0 Å². The van der Waals surface area contributed by atoms with E-state index in [9.17, 15) is 4.79 Å².